The summed E-state index contributed by atoms with van der Waals surface area (Å²) in [6.07, 6.45) is 1.17. The zero-order valence-electron chi connectivity index (χ0n) is 13.3. The molecule has 0 saturated carbocycles. The normalized spacial score (nSPS) is 11.1. The van der Waals surface area contributed by atoms with Crippen LogP contribution in [0.4, 0.5) is 0 Å². The van der Waals surface area contributed by atoms with Gasteiger partial charge in [0.15, 0.2) is 5.96 Å². The van der Waals surface area contributed by atoms with E-state index in [9.17, 15) is 4.79 Å². The van der Waals surface area contributed by atoms with E-state index in [1.165, 1.54) is 4.90 Å². The van der Waals surface area contributed by atoms with Crippen LogP contribution in [0.2, 0.25) is 0 Å². The first-order chi connectivity index (χ1) is 10.8. The first-order valence-corrected chi connectivity index (χ1v) is 8.52. The fraction of sp³-hybridized carbons (Fsp3) is 0.500. The highest BCUT2D eigenvalue weighted by molar-refractivity contribution is 7.99. The maximum atomic E-state index is 11.2. The van der Waals surface area contributed by atoms with Gasteiger partial charge in [-0.2, -0.15) is 0 Å². The Morgan fingerprint density at radius 2 is 1.95 bits per heavy atom. The Bertz CT molecular complexity index is 452. The van der Waals surface area contributed by atoms with E-state index in [1.807, 2.05) is 25.1 Å². The number of esters is 1. The lowest BCUT2D eigenvalue weighted by Gasteiger charge is -2.11. The van der Waals surface area contributed by atoms with Crippen LogP contribution in [0.1, 0.15) is 19.8 Å². The molecule has 0 radical (unpaired) electrons. The monoisotopic (exact) mass is 323 g/mol. The maximum Gasteiger partial charge on any atom is 0.305 e. The van der Waals surface area contributed by atoms with Crippen LogP contribution in [0.15, 0.2) is 40.2 Å². The molecule has 0 atom stereocenters. The first kappa shape index (κ1) is 18.4. The molecule has 1 aromatic rings. The summed E-state index contributed by atoms with van der Waals surface area (Å²) in [4.78, 5) is 16.6. The van der Waals surface area contributed by atoms with Gasteiger partial charge >= 0.3 is 5.97 Å². The van der Waals surface area contributed by atoms with Crippen LogP contribution in [-0.2, 0) is 9.53 Å². The molecule has 1 rings (SSSR count). The van der Waals surface area contributed by atoms with Crippen LogP contribution in [0.5, 0.6) is 0 Å². The van der Waals surface area contributed by atoms with Gasteiger partial charge in [0.2, 0.25) is 0 Å². The number of hydrogen-bond acceptors (Lipinski definition) is 4. The van der Waals surface area contributed by atoms with Crippen molar-refractivity contribution in [1.29, 1.82) is 0 Å². The second-order valence-corrected chi connectivity index (χ2v) is 5.66. The van der Waals surface area contributed by atoms with Crippen molar-refractivity contribution in [2.24, 2.45) is 4.99 Å². The van der Waals surface area contributed by atoms with Gasteiger partial charge in [0.05, 0.1) is 6.61 Å². The number of guanidine groups is 1. The molecule has 0 amide bonds. The lowest BCUT2D eigenvalue weighted by atomic mass is 10.3. The summed E-state index contributed by atoms with van der Waals surface area (Å²) < 4.78 is 4.88. The molecule has 1 aromatic carbocycles. The van der Waals surface area contributed by atoms with Gasteiger partial charge in [-0.3, -0.25) is 9.79 Å². The fourth-order valence-corrected chi connectivity index (χ4v) is 2.54. The van der Waals surface area contributed by atoms with Crippen molar-refractivity contribution in [3.8, 4) is 0 Å². The van der Waals surface area contributed by atoms with E-state index < -0.39 is 0 Å². The quantitative estimate of drug-likeness (QED) is 0.240. The highest BCUT2D eigenvalue weighted by Gasteiger charge is 2.02. The molecule has 0 aliphatic rings. The summed E-state index contributed by atoms with van der Waals surface area (Å²) in [5, 5.41) is 6.44. The van der Waals surface area contributed by atoms with Gasteiger partial charge < -0.3 is 15.4 Å². The molecular formula is C16H25N3O2S. The predicted molar refractivity (Wildman–Crippen MR) is 92.4 cm³/mol. The summed E-state index contributed by atoms with van der Waals surface area (Å²) in [6, 6.07) is 10.3. The maximum absolute atomic E-state index is 11.2. The summed E-state index contributed by atoms with van der Waals surface area (Å²) in [5.74, 6) is 1.58. The minimum atomic E-state index is -0.147. The summed E-state index contributed by atoms with van der Waals surface area (Å²) in [6.45, 7) is 3.78. The van der Waals surface area contributed by atoms with E-state index in [2.05, 4.69) is 27.8 Å². The Morgan fingerprint density at radius 3 is 2.64 bits per heavy atom. The molecule has 0 saturated heterocycles. The van der Waals surface area contributed by atoms with Crippen LogP contribution in [0.25, 0.3) is 0 Å². The van der Waals surface area contributed by atoms with Crippen LogP contribution >= 0.6 is 11.8 Å². The smallest absolute Gasteiger partial charge is 0.305 e. The topological polar surface area (TPSA) is 62.7 Å². The molecule has 0 unspecified atom stereocenters. The second-order valence-electron chi connectivity index (χ2n) is 4.50. The van der Waals surface area contributed by atoms with Crippen molar-refractivity contribution in [3.05, 3.63) is 30.3 Å². The van der Waals surface area contributed by atoms with Gasteiger partial charge in [0.1, 0.15) is 0 Å². The van der Waals surface area contributed by atoms with Crippen molar-refractivity contribution in [3.63, 3.8) is 0 Å². The van der Waals surface area contributed by atoms with Crippen molar-refractivity contribution in [2.75, 3.05) is 32.5 Å². The average Bonchev–Trinajstić information content (AvgIpc) is 2.54. The molecule has 22 heavy (non-hydrogen) atoms. The standard InChI is InChI=1S/C16H25N3O2S/c1-3-21-15(20)10-7-11-18-16(17-2)19-12-13-22-14-8-5-4-6-9-14/h4-6,8-9H,3,7,10-13H2,1-2H3,(H2,17,18,19). The molecule has 0 bridgehead atoms. The predicted octanol–water partition coefficient (Wildman–Crippen LogP) is 2.29. The van der Waals surface area contributed by atoms with Gasteiger partial charge in [0, 0.05) is 37.2 Å². The highest BCUT2D eigenvalue weighted by atomic mass is 32.2. The van der Waals surface area contributed by atoms with Crippen LogP contribution in [0.3, 0.4) is 0 Å². The summed E-state index contributed by atoms with van der Waals surface area (Å²) in [5.41, 5.74) is 0. The van der Waals surface area contributed by atoms with Gasteiger partial charge in [-0.05, 0) is 25.5 Å². The van der Waals surface area contributed by atoms with E-state index in [1.54, 1.807) is 18.8 Å². The fourth-order valence-electron chi connectivity index (χ4n) is 1.75. The van der Waals surface area contributed by atoms with E-state index in [4.69, 9.17) is 4.74 Å². The number of nitrogens with one attached hydrogen (secondary N) is 2. The number of hydrogen-bond donors (Lipinski definition) is 2. The third-order valence-corrected chi connectivity index (χ3v) is 3.80. The molecule has 0 aliphatic carbocycles. The van der Waals surface area contributed by atoms with Crippen molar-refractivity contribution < 1.29 is 9.53 Å². The lowest BCUT2D eigenvalue weighted by Crippen LogP contribution is -2.38. The van der Waals surface area contributed by atoms with E-state index in [0.717, 1.165) is 24.7 Å². The third-order valence-electron chi connectivity index (χ3n) is 2.79. The number of carbonyl (C=O) groups excluding carboxylic acids is 1. The zero-order chi connectivity index (χ0) is 16.0. The zero-order valence-corrected chi connectivity index (χ0v) is 14.1. The number of rotatable bonds is 9. The van der Waals surface area contributed by atoms with Crippen molar-refractivity contribution in [1.82, 2.24) is 10.6 Å². The van der Waals surface area contributed by atoms with Crippen molar-refractivity contribution in [2.45, 2.75) is 24.7 Å². The number of ether oxygens (including phenoxy) is 1. The molecule has 0 aliphatic heterocycles. The van der Waals surface area contributed by atoms with Gasteiger partial charge in [-0.15, -0.1) is 11.8 Å². The Morgan fingerprint density at radius 1 is 1.23 bits per heavy atom. The minimum Gasteiger partial charge on any atom is -0.466 e. The minimum absolute atomic E-state index is 0.147. The molecule has 0 spiro atoms. The van der Waals surface area contributed by atoms with E-state index >= 15 is 0 Å². The van der Waals surface area contributed by atoms with E-state index in [0.29, 0.717) is 19.6 Å². The number of thioether (sulfide) groups is 1. The van der Waals surface area contributed by atoms with Crippen LogP contribution < -0.4 is 10.6 Å². The van der Waals surface area contributed by atoms with Crippen LogP contribution in [0, 0.1) is 0 Å². The summed E-state index contributed by atoms with van der Waals surface area (Å²) >= 11 is 1.80. The molecule has 0 aromatic heterocycles. The Labute approximate surface area is 136 Å². The lowest BCUT2D eigenvalue weighted by molar-refractivity contribution is -0.143. The summed E-state index contributed by atoms with van der Waals surface area (Å²) in [7, 11) is 1.74. The van der Waals surface area contributed by atoms with E-state index in [-0.39, 0.29) is 5.97 Å². The first-order valence-electron chi connectivity index (χ1n) is 7.54. The van der Waals surface area contributed by atoms with Crippen LogP contribution in [-0.4, -0.2) is 44.4 Å². The number of benzene rings is 1. The SMILES string of the molecule is CCOC(=O)CCCNC(=NC)NCCSc1ccccc1. The van der Waals surface area contributed by atoms with Gasteiger partial charge in [0.25, 0.3) is 0 Å². The number of aliphatic imine (C=N–C) groups is 1. The largest absolute Gasteiger partial charge is 0.466 e. The molecule has 122 valence electrons. The molecule has 0 heterocycles. The third kappa shape index (κ3) is 8.56. The molecule has 5 nitrogen and oxygen atoms in total. The highest BCUT2D eigenvalue weighted by Crippen LogP contribution is 2.15. The molecule has 2 N–H and O–H groups in total. The molecular weight excluding hydrogens is 298 g/mol. The Hall–Kier alpha value is -1.69. The molecule has 6 heteroatoms. The van der Waals surface area contributed by atoms with Gasteiger partial charge in [-0.1, -0.05) is 18.2 Å². The Kier molecular flexibility index (Phi) is 9.94. The van der Waals surface area contributed by atoms with Gasteiger partial charge in [-0.25, -0.2) is 0 Å². The average molecular weight is 323 g/mol. The number of carbonyl (C=O) groups is 1. The number of nitrogens with zero attached hydrogens (tertiary/aromatic N) is 1. The second kappa shape index (κ2) is 11.9. The Balaban J connectivity index is 2.08. The van der Waals surface area contributed by atoms with Crippen molar-refractivity contribution >= 4 is 23.7 Å². The molecule has 0 fully saturated rings.